The topological polar surface area (TPSA) is 107 Å². The maximum Gasteiger partial charge on any atom is 0.309 e. The molecule has 0 N–H and O–H groups in total. The Labute approximate surface area is 213 Å². The number of hydrogen-bond donors (Lipinski definition) is 0. The largest absolute Gasteiger partial charge is 0.465 e. The van der Waals surface area contributed by atoms with E-state index < -0.39 is 35.7 Å². The van der Waals surface area contributed by atoms with Gasteiger partial charge in [-0.1, -0.05) is 19.3 Å². The molecule has 9 heteroatoms. The Morgan fingerprint density at radius 2 is 0.944 bits per heavy atom. The SMILES string of the molecule is C#COCCCCOC(=O)C1CCC(C(=O)OCCCCOC#C)C(C(=O)OCCCCOC#C)C1. The molecule has 0 aromatic heterocycles. The molecule has 0 aliphatic heterocycles. The second-order valence-corrected chi connectivity index (χ2v) is 8.25. The molecule has 0 bridgehead atoms. The molecule has 1 fully saturated rings. The van der Waals surface area contributed by atoms with Crippen molar-refractivity contribution in [3.05, 3.63) is 0 Å². The first kappa shape index (κ1) is 30.5. The summed E-state index contributed by atoms with van der Waals surface area (Å²) in [6.45, 7) is 1.71. The Morgan fingerprint density at radius 3 is 1.39 bits per heavy atom. The molecular formula is C27H36O9. The monoisotopic (exact) mass is 504 g/mol. The molecule has 0 aromatic carbocycles. The van der Waals surface area contributed by atoms with Crippen LogP contribution < -0.4 is 0 Å². The lowest BCUT2D eigenvalue weighted by atomic mass is 9.74. The van der Waals surface area contributed by atoms with Gasteiger partial charge >= 0.3 is 17.9 Å². The van der Waals surface area contributed by atoms with E-state index >= 15 is 0 Å². The van der Waals surface area contributed by atoms with Gasteiger partial charge in [-0.15, -0.1) is 0 Å². The number of carbonyl (C=O) groups excluding carboxylic acids is 3. The highest BCUT2D eigenvalue weighted by Gasteiger charge is 2.43. The lowest BCUT2D eigenvalue weighted by Crippen LogP contribution is -2.40. The van der Waals surface area contributed by atoms with Gasteiger partial charge in [0.05, 0.1) is 37.6 Å². The van der Waals surface area contributed by atoms with Crippen LogP contribution in [0.15, 0.2) is 0 Å². The highest BCUT2D eigenvalue weighted by Crippen LogP contribution is 2.36. The highest BCUT2D eigenvalue weighted by molar-refractivity contribution is 5.83. The van der Waals surface area contributed by atoms with E-state index in [2.05, 4.69) is 18.3 Å². The summed E-state index contributed by atoms with van der Waals surface area (Å²) in [4.78, 5) is 38.2. The van der Waals surface area contributed by atoms with E-state index in [4.69, 9.17) is 47.7 Å². The van der Waals surface area contributed by atoms with Crippen LogP contribution in [-0.4, -0.2) is 57.5 Å². The number of ether oxygens (including phenoxy) is 6. The summed E-state index contributed by atoms with van der Waals surface area (Å²) in [5.41, 5.74) is 0. The van der Waals surface area contributed by atoms with Gasteiger partial charge in [-0.25, -0.2) is 0 Å². The zero-order chi connectivity index (χ0) is 26.4. The van der Waals surface area contributed by atoms with Crippen molar-refractivity contribution in [3.8, 4) is 37.6 Å². The minimum atomic E-state index is -0.792. The first-order valence-electron chi connectivity index (χ1n) is 12.3. The van der Waals surface area contributed by atoms with E-state index in [1.54, 1.807) is 0 Å². The summed E-state index contributed by atoms with van der Waals surface area (Å²) >= 11 is 0. The molecular weight excluding hydrogens is 468 g/mol. The quantitative estimate of drug-likeness (QED) is 0.121. The Hall–Kier alpha value is -3.51. The van der Waals surface area contributed by atoms with Crippen LogP contribution >= 0.6 is 0 Å². The van der Waals surface area contributed by atoms with E-state index in [0.717, 1.165) is 0 Å². The van der Waals surface area contributed by atoms with Gasteiger partial charge < -0.3 is 28.4 Å². The minimum Gasteiger partial charge on any atom is -0.465 e. The predicted molar refractivity (Wildman–Crippen MR) is 129 cm³/mol. The van der Waals surface area contributed by atoms with Gasteiger partial charge in [0, 0.05) is 0 Å². The summed E-state index contributed by atoms with van der Waals surface area (Å²) in [5, 5.41) is 0. The van der Waals surface area contributed by atoms with Gasteiger partial charge in [0.15, 0.2) is 0 Å². The molecule has 198 valence electrons. The molecule has 9 nitrogen and oxygen atoms in total. The molecule has 1 aliphatic carbocycles. The Morgan fingerprint density at radius 1 is 0.556 bits per heavy atom. The maximum absolute atomic E-state index is 12.9. The fourth-order valence-corrected chi connectivity index (χ4v) is 3.78. The molecule has 0 spiro atoms. The Bertz CT molecular complexity index is 787. The van der Waals surface area contributed by atoms with Crippen LogP contribution in [0.1, 0.15) is 57.8 Å². The van der Waals surface area contributed by atoms with E-state index in [1.807, 2.05) is 0 Å². The first-order valence-corrected chi connectivity index (χ1v) is 12.3. The van der Waals surface area contributed by atoms with Crippen molar-refractivity contribution in [1.82, 2.24) is 0 Å². The Balaban J connectivity index is 2.61. The number of hydrogen-bond acceptors (Lipinski definition) is 9. The molecule has 0 amide bonds. The van der Waals surface area contributed by atoms with Crippen molar-refractivity contribution in [1.29, 1.82) is 0 Å². The lowest BCUT2D eigenvalue weighted by molar-refractivity contribution is -0.167. The zero-order valence-corrected chi connectivity index (χ0v) is 20.7. The van der Waals surface area contributed by atoms with E-state index in [-0.39, 0.29) is 26.2 Å². The number of carbonyl (C=O) groups is 3. The summed E-state index contributed by atoms with van der Waals surface area (Å²) < 4.78 is 30.6. The summed E-state index contributed by atoms with van der Waals surface area (Å²) in [5.74, 6) is -3.37. The fourth-order valence-electron chi connectivity index (χ4n) is 3.78. The van der Waals surface area contributed by atoms with Gasteiger partial charge in [0.25, 0.3) is 0 Å². The van der Waals surface area contributed by atoms with E-state index in [9.17, 15) is 14.4 Å². The third-order valence-corrected chi connectivity index (χ3v) is 5.69. The van der Waals surface area contributed by atoms with Crippen molar-refractivity contribution in [3.63, 3.8) is 0 Å². The summed E-state index contributed by atoms with van der Waals surface area (Å²) in [6.07, 6.45) is 25.9. The van der Waals surface area contributed by atoms with Gasteiger partial charge in [0.2, 0.25) is 0 Å². The van der Waals surface area contributed by atoms with Crippen LogP contribution in [0.3, 0.4) is 0 Å². The minimum absolute atomic E-state index is 0.161. The van der Waals surface area contributed by atoms with Crippen LogP contribution in [0.4, 0.5) is 0 Å². The van der Waals surface area contributed by atoms with Crippen LogP contribution in [0.5, 0.6) is 0 Å². The number of unbranched alkanes of at least 4 members (excludes halogenated alkanes) is 3. The summed E-state index contributed by atoms with van der Waals surface area (Å²) in [7, 11) is 0. The van der Waals surface area contributed by atoms with Crippen LogP contribution in [0.25, 0.3) is 0 Å². The Kier molecular flexibility index (Phi) is 16.8. The zero-order valence-electron chi connectivity index (χ0n) is 20.7. The number of rotatable bonds is 18. The highest BCUT2D eigenvalue weighted by atomic mass is 16.5. The van der Waals surface area contributed by atoms with Crippen molar-refractivity contribution >= 4 is 17.9 Å². The molecule has 3 atom stereocenters. The molecule has 0 aromatic rings. The summed E-state index contributed by atoms with van der Waals surface area (Å²) in [6, 6.07) is 0. The van der Waals surface area contributed by atoms with Gasteiger partial charge in [-0.05, 0) is 57.8 Å². The van der Waals surface area contributed by atoms with Crippen molar-refractivity contribution in [2.24, 2.45) is 17.8 Å². The van der Waals surface area contributed by atoms with Crippen LogP contribution in [-0.2, 0) is 42.8 Å². The molecule has 1 rings (SSSR count). The third kappa shape index (κ3) is 12.8. The normalized spacial score (nSPS) is 18.4. The first-order chi connectivity index (χ1) is 17.5. The molecule has 36 heavy (non-hydrogen) atoms. The van der Waals surface area contributed by atoms with Crippen LogP contribution in [0, 0.1) is 55.3 Å². The van der Waals surface area contributed by atoms with E-state index in [1.165, 1.54) is 0 Å². The second kappa shape index (κ2) is 19.8. The van der Waals surface area contributed by atoms with Crippen molar-refractivity contribution in [2.45, 2.75) is 57.8 Å². The smallest absolute Gasteiger partial charge is 0.309 e. The van der Waals surface area contributed by atoms with Crippen LogP contribution in [0.2, 0.25) is 0 Å². The molecule has 1 aliphatic rings. The maximum atomic E-state index is 12.9. The average molecular weight is 505 g/mol. The third-order valence-electron chi connectivity index (χ3n) is 5.69. The standard InChI is InChI=1S/C27H36O9/c1-4-31-15-7-10-18-34-25(28)22-13-14-23(26(29)35-19-11-8-16-32-5-2)24(21-22)27(30)36-20-12-9-17-33-6-3/h1-3,22-24H,7-21H2. The molecule has 1 saturated carbocycles. The molecule has 3 unspecified atom stereocenters. The second-order valence-electron chi connectivity index (χ2n) is 8.25. The molecule has 0 heterocycles. The lowest BCUT2D eigenvalue weighted by Gasteiger charge is -2.32. The van der Waals surface area contributed by atoms with Crippen molar-refractivity contribution in [2.75, 3.05) is 39.6 Å². The van der Waals surface area contributed by atoms with E-state index in [0.29, 0.717) is 71.2 Å². The number of terminal acetylenes is 3. The predicted octanol–water partition coefficient (Wildman–Crippen LogP) is 2.81. The molecule has 0 saturated heterocycles. The van der Waals surface area contributed by atoms with Crippen molar-refractivity contribution < 1.29 is 42.8 Å². The van der Waals surface area contributed by atoms with Gasteiger partial charge in [-0.3, -0.25) is 14.4 Å². The number of esters is 3. The average Bonchev–Trinajstić information content (AvgIpc) is 2.89. The molecule has 0 radical (unpaired) electrons. The van der Waals surface area contributed by atoms with Gasteiger partial charge in [0.1, 0.15) is 38.1 Å². The van der Waals surface area contributed by atoms with Gasteiger partial charge in [-0.2, -0.15) is 0 Å². The fraction of sp³-hybridized carbons (Fsp3) is 0.667.